The Morgan fingerprint density at radius 1 is 1.05 bits per heavy atom. The third-order valence-corrected chi connectivity index (χ3v) is 8.40. The highest BCUT2D eigenvalue weighted by Crippen LogP contribution is 2.30. The number of fused-ring (bicyclic) bond motifs is 1. The molecule has 0 spiro atoms. The van der Waals surface area contributed by atoms with Crippen LogP contribution in [-0.2, 0) is 17.8 Å². The Bertz CT molecular complexity index is 2170. The Morgan fingerprint density at radius 3 is 2.43 bits per heavy atom. The minimum atomic E-state index is -0.638. The Hall–Kier alpha value is -5.33. The molecule has 44 heavy (non-hydrogen) atoms. The molecule has 0 radical (unpaired) electrons. The van der Waals surface area contributed by atoms with Crippen molar-refractivity contribution < 1.29 is 13.8 Å². The molecule has 0 fully saturated rings. The van der Waals surface area contributed by atoms with Crippen LogP contribution in [0.25, 0.3) is 44.6 Å². The molecule has 12 heteroatoms. The summed E-state index contributed by atoms with van der Waals surface area (Å²) in [5, 5.41) is 4.24. The fourth-order valence-corrected chi connectivity index (χ4v) is 6.01. The number of hydrogen-bond donors (Lipinski definition) is 2. The lowest BCUT2D eigenvalue weighted by Gasteiger charge is -2.13. The Balaban J connectivity index is 1.43. The van der Waals surface area contributed by atoms with E-state index in [1.54, 1.807) is 4.57 Å². The number of nitrogens with zero attached hydrogens (tertiary/aromatic N) is 3. The van der Waals surface area contributed by atoms with Gasteiger partial charge in [0.05, 0.1) is 24.7 Å². The van der Waals surface area contributed by atoms with Crippen LogP contribution in [0.3, 0.4) is 0 Å². The fourth-order valence-electron chi connectivity index (χ4n) is 4.93. The molecule has 3 heterocycles. The predicted octanol–water partition coefficient (Wildman–Crippen LogP) is 5.09. The lowest BCUT2D eigenvalue weighted by Crippen LogP contribution is -2.37. The summed E-state index contributed by atoms with van der Waals surface area (Å²) >= 11 is 1.41. The molecule has 0 amide bonds. The molecule has 0 saturated carbocycles. The maximum atomic E-state index is 13.9. The number of hydroxylamine groups is 1. The first-order chi connectivity index (χ1) is 21.4. The maximum absolute atomic E-state index is 13.9. The van der Waals surface area contributed by atoms with Gasteiger partial charge in [-0.05, 0) is 53.4 Å². The zero-order chi connectivity index (χ0) is 30.8. The largest absolute Gasteiger partial charge is 0.439 e. The van der Waals surface area contributed by atoms with Gasteiger partial charge in [-0.15, -0.1) is 11.3 Å². The van der Waals surface area contributed by atoms with Gasteiger partial charge < -0.3 is 0 Å². The highest BCUT2D eigenvalue weighted by Gasteiger charge is 2.17. The van der Waals surface area contributed by atoms with E-state index in [4.69, 9.17) is 9.36 Å². The zero-order valence-electron chi connectivity index (χ0n) is 23.7. The summed E-state index contributed by atoms with van der Waals surface area (Å²) < 4.78 is 20.9. The summed E-state index contributed by atoms with van der Waals surface area (Å²) in [5.41, 5.74) is 5.78. The van der Waals surface area contributed by atoms with Gasteiger partial charge in [0.2, 0.25) is 0 Å². The van der Waals surface area contributed by atoms with Crippen LogP contribution in [0.2, 0.25) is 0 Å². The van der Waals surface area contributed by atoms with Crippen LogP contribution in [0.4, 0.5) is 4.39 Å². The average Bonchev–Trinajstić information content (AvgIpc) is 3.68. The second-order valence-electron chi connectivity index (χ2n) is 9.87. The van der Waals surface area contributed by atoms with Crippen molar-refractivity contribution in [2.75, 3.05) is 7.11 Å². The Kier molecular flexibility index (Phi) is 7.92. The van der Waals surface area contributed by atoms with E-state index >= 15 is 0 Å². The fraction of sp³-hybridized carbons (Fsp3) is 0.125. The number of thiophene rings is 1. The molecule has 0 saturated heterocycles. The van der Waals surface area contributed by atoms with Gasteiger partial charge in [-0.2, -0.15) is 0 Å². The van der Waals surface area contributed by atoms with Crippen LogP contribution >= 0.6 is 11.3 Å². The van der Waals surface area contributed by atoms with Gasteiger partial charge in [-0.3, -0.25) is 29.2 Å². The highest BCUT2D eigenvalue weighted by molar-refractivity contribution is 7.18. The number of benzene rings is 3. The van der Waals surface area contributed by atoms with Gasteiger partial charge in [-0.1, -0.05) is 60.6 Å². The van der Waals surface area contributed by atoms with Crippen LogP contribution in [0.1, 0.15) is 22.9 Å². The SMILES string of the molecule is CCc1cc2c(=O)n(C=C(NOC)c3ccc(F)cc3)c(=O)n(Cc3ccc(-c4ccccc4-c4noc(=O)[nH]4)cc3)c2s1. The molecule has 10 nitrogen and oxygen atoms in total. The molecule has 0 aliphatic rings. The second-order valence-corrected chi connectivity index (χ2v) is 11.0. The Morgan fingerprint density at radius 2 is 1.77 bits per heavy atom. The predicted molar refractivity (Wildman–Crippen MR) is 168 cm³/mol. The maximum Gasteiger partial charge on any atom is 0.439 e. The normalized spacial score (nSPS) is 11.8. The molecule has 0 aliphatic heterocycles. The number of aromatic amines is 1. The van der Waals surface area contributed by atoms with Gasteiger partial charge in [0, 0.05) is 22.2 Å². The molecule has 0 aliphatic carbocycles. The summed E-state index contributed by atoms with van der Waals surface area (Å²) in [6.07, 6.45) is 2.08. The van der Waals surface area contributed by atoms with Crippen molar-refractivity contribution in [3.63, 3.8) is 0 Å². The number of hydrogen-bond acceptors (Lipinski definition) is 8. The number of aromatic nitrogens is 4. The van der Waals surface area contributed by atoms with Crippen LogP contribution in [-0.4, -0.2) is 26.4 Å². The molecular formula is C32H26FN5O5S. The highest BCUT2D eigenvalue weighted by atomic mass is 32.1. The van der Waals surface area contributed by atoms with Gasteiger partial charge in [0.15, 0.2) is 5.82 Å². The average molecular weight is 612 g/mol. The van der Waals surface area contributed by atoms with Crippen molar-refractivity contribution in [1.29, 1.82) is 0 Å². The van der Waals surface area contributed by atoms with Crippen LogP contribution < -0.4 is 22.5 Å². The van der Waals surface area contributed by atoms with E-state index in [2.05, 4.69) is 15.6 Å². The summed E-state index contributed by atoms with van der Waals surface area (Å²) in [7, 11) is 1.40. The summed E-state index contributed by atoms with van der Waals surface area (Å²) in [5.74, 6) is -0.730. The van der Waals surface area contributed by atoms with Gasteiger partial charge >= 0.3 is 11.4 Å². The van der Waals surface area contributed by atoms with Crippen molar-refractivity contribution >= 4 is 33.5 Å². The third kappa shape index (κ3) is 5.55. The molecule has 222 valence electrons. The lowest BCUT2D eigenvalue weighted by atomic mass is 9.98. The van der Waals surface area contributed by atoms with Gasteiger partial charge in [-0.25, -0.2) is 18.5 Å². The molecule has 0 unspecified atom stereocenters. The van der Waals surface area contributed by atoms with Gasteiger partial charge in [0.25, 0.3) is 5.56 Å². The monoisotopic (exact) mass is 611 g/mol. The Labute approximate surface area is 253 Å². The number of aryl methyl sites for hydroxylation is 1. The van der Waals surface area contributed by atoms with Crippen molar-refractivity contribution in [3.05, 3.63) is 132 Å². The van der Waals surface area contributed by atoms with E-state index in [9.17, 15) is 18.8 Å². The van der Waals surface area contributed by atoms with E-state index in [1.807, 2.05) is 61.5 Å². The summed E-state index contributed by atoms with van der Waals surface area (Å²) in [6, 6.07) is 22.6. The van der Waals surface area contributed by atoms with E-state index in [0.717, 1.165) is 26.1 Å². The molecule has 3 aromatic carbocycles. The molecule has 6 aromatic rings. The van der Waals surface area contributed by atoms with E-state index in [0.29, 0.717) is 39.3 Å². The van der Waals surface area contributed by atoms with Gasteiger partial charge in [0.1, 0.15) is 10.6 Å². The quantitative estimate of drug-likeness (QED) is 0.218. The van der Waals surface area contributed by atoms with E-state index < -0.39 is 22.8 Å². The molecular weight excluding hydrogens is 585 g/mol. The first kappa shape index (κ1) is 28.8. The smallest absolute Gasteiger partial charge is 0.296 e. The molecule has 0 atom stereocenters. The molecule has 2 N–H and O–H groups in total. The van der Waals surface area contributed by atoms with Crippen molar-refractivity contribution in [1.82, 2.24) is 24.8 Å². The van der Waals surface area contributed by atoms with Crippen LogP contribution in [0, 0.1) is 5.82 Å². The minimum absolute atomic E-state index is 0.204. The molecule has 3 aromatic heterocycles. The standard InChI is InChI=1S/C32H26FN5O5S/c1-3-23-16-26-29(39)37(18-27(35-42-2)21-12-14-22(33)15-13-21)32(41)38(30(26)44-23)17-19-8-10-20(11-9-19)24-6-4-5-7-25(24)28-34-31(40)43-36-28/h4-16,18,35H,3,17H2,1-2H3,(H,34,36,40). The lowest BCUT2D eigenvalue weighted by molar-refractivity contribution is 0.137. The first-order valence-electron chi connectivity index (χ1n) is 13.7. The number of H-pyrrole nitrogens is 1. The van der Waals surface area contributed by atoms with Crippen molar-refractivity contribution in [2.24, 2.45) is 0 Å². The van der Waals surface area contributed by atoms with Crippen molar-refractivity contribution in [2.45, 2.75) is 19.9 Å². The molecule has 6 rings (SSSR count). The van der Waals surface area contributed by atoms with Crippen LogP contribution in [0.5, 0.6) is 0 Å². The number of rotatable bonds is 9. The minimum Gasteiger partial charge on any atom is -0.296 e. The van der Waals surface area contributed by atoms with Crippen molar-refractivity contribution in [3.8, 4) is 22.5 Å². The van der Waals surface area contributed by atoms with E-state index in [1.165, 1.54) is 48.9 Å². The topological polar surface area (TPSA) is 124 Å². The zero-order valence-corrected chi connectivity index (χ0v) is 24.5. The summed E-state index contributed by atoms with van der Waals surface area (Å²) in [6.45, 7) is 2.20. The third-order valence-electron chi connectivity index (χ3n) is 7.10. The first-order valence-corrected chi connectivity index (χ1v) is 14.5. The molecule has 0 bridgehead atoms. The second kappa shape index (κ2) is 12.1. The summed E-state index contributed by atoms with van der Waals surface area (Å²) in [4.78, 5) is 48.3. The van der Waals surface area contributed by atoms with E-state index in [-0.39, 0.29) is 6.54 Å². The van der Waals surface area contributed by atoms with Crippen LogP contribution in [0.15, 0.2) is 97.8 Å². The number of nitrogens with one attached hydrogen (secondary N) is 2. The number of halogens is 1.